The van der Waals surface area contributed by atoms with Crippen molar-refractivity contribution >= 4 is 47.0 Å². The van der Waals surface area contributed by atoms with Crippen LogP contribution in [0.4, 0.5) is 0 Å². The Hall–Kier alpha value is -3.70. The van der Waals surface area contributed by atoms with Gasteiger partial charge < -0.3 is 29.5 Å². The first kappa shape index (κ1) is 35.6. The van der Waals surface area contributed by atoms with Crippen molar-refractivity contribution in [2.45, 2.75) is 76.4 Å². The molecule has 0 aliphatic carbocycles. The Bertz CT molecular complexity index is 1470. The number of hydrogen-bond donors (Lipinski definition) is 2. The SMILES string of the molecule is CC1=C(C(=O)O)[C@@H](c2ccc(Cl)cc2)CC(=O)N1C[C@@H]1CCCO1.CC1=C(C(=O)O)[C@H](c2ccc(Cl)cc2)CC(=O)N1C[C@H]1CCCO1. The molecule has 0 bridgehead atoms. The van der Waals surface area contributed by atoms with Crippen molar-refractivity contribution in [1.29, 1.82) is 0 Å². The van der Waals surface area contributed by atoms with Crippen molar-refractivity contribution in [2.75, 3.05) is 26.3 Å². The Morgan fingerprint density at radius 1 is 0.688 bits per heavy atom. The van der Waals surface area contributed by atoms with Gasteiger partial charge in [-0.25, -0.2) is 9.59 Å². The van der Waals surface area contributed by atoms with Gasteiger partial charge in [-0.2, -0.15) is 0 Å². The van der Waals surface area contributed by atoms with Crippen LogP contribution in [0, 0.1) is 0 Å². The van der Waals surface area contributed by atoms with E-state index in [0.29, 0.717) is 47.7 Å². The summed E-state index contributed by atoms with van der Waals surface area (Å²) in [7, 11) is 0. The minimum Gasteiger partial charge on any atom is -0.478 e. The maximum Gasteiger partial charge on any atom is 0.333 e. The molecule has 0 radical (unpaired) electrons. The molecule has 2 fully saturated rings. The second-order valence-electron chi connectivity index (χ2n) is 12.5. The highest BCUT2D eigenvalue weighted by molar-refractivity contribution is 6.30. The molecule has 2 aromatic carbocycles. The fourth-order valence-electron chi connectivity index (χ4n) is 6.97. The molecule has 10 nitrogen and oxygen atoms in total. The smallest absolute Gasteiger partial charge is 0.333 e. The molecule has 0 unspecified atom stereocenters. The average molecular weight is 700 g/mol. The molecular formula is C36H40Cl2N2O8. The van der Waals surface area contributed by atoms with Gasteiger partial charge in [0.25, 0.3) is 0 Å². The van der Waals surface area contributed by atoms with E-state index in [4.69, 9.17) is 32.7 Å². The van der Waals surface area contributed by atoms with Crippen molar-refractivity contribution in [3.8, 4) is 0 Å². The second kappa shape index (κ2) is 15.7. The van der Waals surface area contributed by atoms with Gasteiger partial charge >= 0.3 is 11.9 Å². The van der Waals surface area contributed by atoms with E-state index in [1.165, 1.54) is 0 Å². The highest BCUT2D eigenvalue weighted by Gasteiger charge is 2.38. The minimum atomic E-state index is -0.989. The quantitative estimate of drug-likeness (QED) is 0.324. The number of carbonyl (C=O) groups excluding carboxylic acids is 2. The highest BCUT2D eigenvalue weighted by Crippen LogP contribution is 2.39. The zero-order valence-electron chi connectivity index (χ0n) is 27.0. The Morgan fingerprint density at radius 3 is 1.33 bits per heavy atom. The van der Waals surface area contributed by atoms with Gasteiger partial charge in [0.15, 0.2) is 0 Å². The first-order valence-electron chi connectivity index (χ1n) is 16.2. The number of allylic oxidation sites excluding steroid dienone is 2. The van der Waals surface area contributed by atoms with Crippen LogP contribution >= 0.6 is 23.2 Å². The van der Waals surface area contributed by atoms with Crippen LogP contribution < -0.4 is 0 Å². The minimum absolute atomic E-state index is 0.00831. The van der Waals surface area contributed by atoms with Crippen molar-refractivity contribution in [3.05, 3.63) is 92.2 Å². The van der Waals surface area contributed by atoms with Crippen molar-refractivity contribution in [1.82, 2.24) is 9.80 Å². The molecule has 0 spiro atoms. The number of ether oxygens (including phenoxy) is 2. The first-order valence-corrected chi connectivity index (χ1v) is 16.9. The lowest BCUT2D eigenvalue weighted by molar-refractivity contribution is -0.137. The van der Waals surface area contributed by atoms with Crippen LogP contribution in [0.2, 0.25) is 10.0 Å². The van der Waals surface area contributed by atoms with E-state index in [9.17, 15) is 29.4 Å². The van der Waals surface area contributed by atoms with Gasteiger partial charge in [0.1, 0.15) is 0 Å². The Labute approximate surface area is 289 Å². The van der Waals surface area contributed by atoms with Crippen LogP contribution in [-0.4, -0.2) is 82.3 Å². The highest BCUT2D eigenvalue weighted by atomic mass is 35.5. The molecule has 4 atom stereocenters. The van der Waals surface area contributed by atoms with E-state index in [1.54, 1.807) is 72.2 Å². The van der Waals surface area contributed by atoms with Crippen molar-refractivity contribution < 1.29 is 38.9 Å². The fraction of sp³-hybridized carbons (Fsp3) is 0.444. The lowest BCUT2D eigenvalue weighted by Gasteiger charge is -2.35. The predicted octanol–water partition coefficient (Wildman–Crippen LogP) is 6.39. The predicted molar refractivity (Wildman–Crippen MR) is 180 cm³/mol. The topological polar surface area (TPSA) is 134 Å². The van der Waals surface area contributed by atoms with Gasteiger partial charge in [-0.1, -0.05) is 47.5 Å². The van der Waals surface area contributed by atoms with E-state index < -0.39 is 23.8 Å². The number of amides is 2. The molecule has 2 aromatic rings. The standard InChI is InChI=1S/2C18H20ClNO4/c2*1-11-17(18(22)23)15(12-4-6-13(19)7-5-12)9-16(21)20(11)10-14-3-2-8-24-14/h2*4-7,14-15H,2-3,8-10H2,1H3,(H,22,23)/t2*14-,15+/m10/s1. The van der Waals surface area contributed by atoms with Crippen LogP contribution in [0.3, 0.4) is 0 Å². The molecule has 0 aromatic heterocycles. The van der Waals surface area contributed by atoms with Crippen LogP contribution in [0.5, 0.6) is 0 Å². The van der Waals surface area contributed by atoms with Gasteiger partial charge in [0.05, 0.1) is 36.4 Å². The van der Waals surface area contributed by atoms with E-state index in [-0.39, 0.29) is 48.0 Å². The van der Waals surface area contributed by atoms with Crippen molar-refractivity contribution in [3.63, 3.8) is 0 Å². The maximum atomic E-state index is 12.6. The van der Waals surface area contributed by atoms with Gasteiger partial charge in [0, 0.05) is 59.3 Å². The summed E-state index contributed by atoms with van der Waals surface area (Å²) in [5.41, 5.74) is 3.15. The molecule has 4 heterocycles. The molecule has 6 rings (SSSR count). The molecule has 2 saturated heterocycles. The van der Waals surface area contributed by atoms with Crippen molar-refractivity contribution in [2.24, 2.45) is 0 Å². The summed E-state index contributed by atoms with van der Waals surface area (Å²) in [6.45, 7) is 5.67. The molecule has 48 heavy (non-hydrogen) atoms. The average Bonchev–Trinajstić information content (AvgIpc) is 3.76. The Morgan fingerprint density at radius 2 is 1.04 bits per heavy atom. The number of carbonyl (C=O) groups is 4. The molecule has 2 amide bonds. The zero-order valence-corrected chi connectivity index (χ0v) is 28.5. The number of aliphatic carboxylic acids is 2. The van der Waals surface area contributed by atoms with Crippen LogP contribution in [0.15, 0.2) is 71.1 Å². The molecule has 0 saturated carbocycles. The van der Waals surface area contributed by atoms with E-state index >= 15 is 0 Å². The summed E-state index contributed by atoms with van der Waals surface area (Å²) in [5, 5.41) is 20.6. The number of carboxylic acids is 2. The molecule has 4 aliphatic heterocycles. The molecule has 256 valence electrons. The summed E-state index contributed by atoms with van der Waals surface area (Å²) >= 11 is 11.8. The fourth-order valence-corrected chi connectivity index (χ4v) is 7.22. The van der Waals surface area contributed by atoms with E-state index in [0.717, 1.165) is 36.8 Å². The third kappa shape index (κ3) is 8.11. The summed E-state index contributed by atoms with van der Waals surface area (Å²) in [6, 6.07) is 14.0. The normalized spacial score (nSPS) is 24.6. The van der Waals surface area contributed by atoms with Gasteiger partial charge in [-0.05, 0) is 74.9 Å². The summed E-state index contributed by atoms with van der Waals surface area (Å²) < 4.78 is 11.2. The van der Waals surface area contributed by atoms with Gasteiger partial charge in [0.2, 0.25) is 11.8 Å². The van der Waals surface area contributed by atoms with Gasteiger partial charge in [-0.15, -0.1) is 0 Å². The number of halogens is 2. The lowest BCUT2D eigenvalue weighted by Crippen LogP contribution is -2.41. The Balaban J connectivity index is 0.000000188. The molecular weight excluding hydrogens is 659 g/mol. The van der Waals surface area contributed by atoms with Crippen LogP contribution in [-0.2, 0) is 28.7 Å². The van der Waals surface area contributed by atoms with E-state index in [1.807, 2.05) is 0 Å². The van der Waals surface area contributed by atoms with E-state index in [2.05, 4.69) is 0 Å². The maximum absolute atomic E-state index is 12.6. The Kier molecular flexibility index (Phi) is 11.6. The largest absolute Gasteiger partial charge is 0.478 e. The van der Waals surface area contributed by atoms with Crippen LogP contribution in [0.1, 0.15) is 75.3 Å². The van der Waals surface area contributed by atoms with Gasteiger partial charge in [-0.3, -0.25) is 9.59 Å². The summed E-state index contributed by atoms with van der Waals surface area (Å²) in [5.74, 6) is -3.00. The molecule has 12 heteroatoms. The zero-order chi connectivity index (χ0) is 34.5. The van der Waals surface area contributed by atoms with Crippen LogP contribution in [0.25, 0.3) is 0 Å². The lowest BCUT2D eigenvalue weighted by atomic mass is 9.83. The number of carboxylic acid groups (broad SMARTS) is 2. The number of benzene rings is 2. The third-order valence-corrected chi connectivity index (χ3v) is 9.98. The number of hydrogen-bond acceptors (Lipinski definition) is 6. The monoisotopic (exact) mass is 698 g/mol. The molecule has 4 aliphatic rings. The summed E-state index contributed by atoms with van der Waals surface area (Å²) in [4.78, 5) is 52.1. The summed E-state index contributed by atoms with van der Waals surface area (Å²) in [6.07, 6.45) is 4.04. The first-order chi connectivity index (χ1) is 22.9. The molecule has 2 N–H and O–H groups in total. The number of rotatable bonds is 8. The second-order valence-corrected chi connectivity index (χ2v) is 13.4. The number of nitrogens with zero attached hydrogens (tertiary/aromatic N) is 2. The third-order valence-electron chi connectivity index (χ3n) is 9.47.